The van der Waals surface area contributed by atoms with Crippen molar-refractivity contribution in [2.45, 2.75) is 31.7 Å². The molecule has 0 aromatic carbocycles. The third kappa shape index (κ3) is 5.64. The summed E-state index contributed by atoms with van der Waals surface area (Å²) in [5, 5.41) is 3.56. The van der Waals surface area contributed by atoms with E-state index >= 15 is 0 Å². The zero-order chi connectivity index (χ0) is 19.3. The van der Waals surface area contributed by atoms with Crippen molar-refractivity contribution >= 4 is 35.8 Å². The molecule has 1 saturated carbocycles. The van der Waals surface area contributed by atoms with Gasteiger partial charge in [-0.1, -0.05) is 18.6 Å². The Labute approximate surface area is 192 Å². The van der Waals surface area contributed by atoms with E-state index < -0.39 is 0 Å². The molecule has 0 aromatic heterocycles. The van der Waals surface area contributed by atoms with Gasteiger partial charge < -0.3 is 15.1 Å². The van der Waals surface area contributed by atoms with E-state index in [0.29, 0.717) is 17.9 Å². The van der Waals surface area contributed by atoms with Crippen molar-refractivity contribution in [1.82, 2.24) is 24.9 Å². The summed E-state index contributed by atoms with van der Waals surface area (Å²) in [6, 6.07) is 0.648. The first-order chi connectivity index (χ1) is 13.7. The Kier molecular flexibility index (Phi) is 8.61. The van der Waals surface area contributed by atoms with Crippen LogP contribution in [-0.4, -0.2) is 110 Å². The van der Waals surface area contributed by atoms with Gasteiger partial charge in [0, 0.05) is 84.5 Å². The van der Waals surface area contributed by atoms with Crippen LogP contribution in [-0.2, 0) is 4.79 Å². The molecular weight excluding hydrogens is 479 g/mol. The lowest BCUT2D eigenvalue weighted by molar-refractivity contribution is -0.139. The molecule has 4 aliphatic rings. The molecule has 1 N–H and O–H groups in total. The Morgan fingerprint density at radius 2 is 1.76 bits per heavy atom. The summed E-state index contributed by atoms with van der Waals surface area (Å²) in [4.78, 5) is 26.4. The van der Waals surface area contributed by atoms with Gasteiger partial charge in [0.05, 0.1) is 0 Å². The summed E-state index contributed by atoms with van der Waals surface area (Å²) in [6.45, 7) is 10.0. The monoisotopic (exact) mass is 516 g/mol. The molecule has 3 aliphatic heterocycles. The predicted molar refractivity (Wildman–Crippen MR) is 128 cm³/mol. The van der Waals surface area contributed by atoms with Crippen LogP contribution in [0.5, 0.6) is 0 Å². The standard InChI is InChI=1S/C21H36N6O.HI/c1-22-21(27-11-7-19(17-27)25-9-2-3-10-25)23-8-12-24-13-15-26(16-14-24)20(28)18-5-4-6-18;/h2-3,18-19H,4-17H2,1H3,(H,22,23);1H. The molecule has 1 unspecified atom stereocenters. The van der Waals surface area contributed by atoms with Crippen LogP contribution >= 0.6 is 24.0 Å². The van der Waals surface area contributed by atoms with E-state index in [2.05, 4.69) is 42.1 Å². The highest BCUT2D eigenvalue weighted by molar-refractivity contribution is 14.0. The number of piperazine rings is 1. The lowest BCUT2D eigenvalue weighted by Crippen LogP contribution is -2.52. The van der Waals surface area contributed by atoms with E-state index in [1.807, 2.05) is 7.05 Å². The van der Waals surface area contributed by atoms with Crippen LogP contribution in [0.1, 0.15) is 25.7 Å². The number of hydrogen-bond acceptors (Lipinski definition) is 4. The van der Waals surface area contributed by atoms with Gasteiger partial charge in [-0.25, -0.2) is 0 Å². The Morgan fingerprint density at radius 3 is 2.38 bits per heavy atom. The first kappa shape index (κ1) is 22.8. The summed E-state index contributed by atoms with van der Waals surface area (Å²) in [5.41, 5.74) is 0. The molecule has 1 atom stereocenters. The summed E-state index contributed by atoms with van der Waals surface area (Å²) < 4.78 is 0. The van der Waals surface area contributed by atoms with Crippen molar-refractivity contribution in [2.75, 3.05) is 72.5 Å². The number of nitrogens with zero attached hydrogens (tertiary/aromatic N) is 5. The van der Waals surface area contributed by atoms with E-state index in [1.54, 1.807) is 0 Å². The molecule has 0 aromatic rings. The van der Waals surface area contributed by atoms with Crippen molar-refractivity contribution in [2.24, 2.45) is 10.9 Å². The van der Waals surface area contributed by atoms with Crippen molar-refractivity contribution in [3.05, 3.63) is 12.2 Å². The van der Waals surface area contributed by atoms with Gasteiger partial charge in [0.1, 0.15) is 0 Å². The molecular formula is C21H37IN6O. The van der Waals surface area contributed by atoms with Crippen LogP contribution in [0.25, 0.3) is 0 Å². The predicted octanol–water partition coefficient (Wildman–Crippen LogP) is 1.07. The number of guanidine groups is 1. The highest BCUT2D eigenvalue weighted by Crippen LogP contribution is 2.28. The van der Waals surface area contributed by atoms with Crippen LogP contribution in [0.15, 0.2) is 17.1 Å². The Balaban J connectivity index is 0.00000240. The summed E-state index contributed by atoms with van der Waals surface area (Å²) in [6.07, 6.45) is 9.21. The van der Waals surface area contributed by atoms with Crippen LogP contribution < -0.4 is 5.32 Å². The van der Waals surface area contributed by atoms with Gasteiger partial charge in [0.15, 0.2) is 5.96 Å². The molecule has 1 amide bonds. The normalized spacial score (nSPS) is 26.5. The van der Waals surface area contributed by atoms with Crippen LogP contribution in [0.4, 0.5) is 0 Å². The average molecular weight is 516 g/mol. The molecule has 3 fully saturated rings. The molecule has 4 rings (SSSR count). The van der Waals surface area contributed by atoms with Crippen LogP contribution in [0.3, 0.4) is 0 Å². The van der Waals surface area contributed by atoms with E-state index in [0.717, 1.165) is 84.2 Å². The highest BCUT2D eigenvalue weighted by Gasteiger charge is 2.31. The lowest BCUT2D eigenvalue weighted by atomic mass is 9.84. The molecule has 7 nitrogen and oxygen atoms in total. The number of carbonyl (C=O) groups excluding carboxylic acids is 1. The van der Waals surface area contributed by atoms with E-state index in [-0.39, 0.29) is 24.0 Å². The van der Waals surface area contributed by atoms with Crippen molar-refractivity contribution < 1.29 is 4.79 Å². The topological polar surface area (TPSA) is 54.4 Å². The summed E-state index contributed by atoms with van der Waals surface area (Å²) >= 11 is 0. The van der Waals surface area contributed by atoms with Gasteiger partial charge in [-0.15, -0.1) is 24.0 Å². The Bertz CT molecular complexity index is 592. The smallest absolute Gasteiger partial charge is 0.225 e. The van der Waals surface area contributed by atoms with Crippen LogP contribution in [0.2, 0.25) is 0 Å². The van der Waals surface area contributed by atoms with Gasteiger partial charge in [-0.05, 0) is 19.3 Å². The maximum atomic E-state index is 12.4. The molecule has 0 spiro atoms. The minimum atomic E-state index is 0. The second-order valence-electron chi connectivity index (χ2n) is 8.58. The van der Waals surface area contributed by atoms with Gasteiger partial charge in [-0.3, -0.25) is 19.6 Å². The van der Waals surface area contributed by atoms with Crippen LogP contribution in [0, 0.1) is 5.92 Å². The van der Waals surface area contributed by atoms with E-state index in [9.17, 15) is 4.79 Å². The number of halogens is 1. The summed E-state index contributed by atoms with van der Waals surface area (Å²) in [5.74, 6) is 1.77. The highest BCUT2D eigenvalue weighted by atomic mass is 127. The number of rotatable bonds is 5. The zero-order valence-corrected chi connectivity index (χ0v) is 20.1. The largest absolute Gasteiger partial charge is 0.355 e. The Morgan fingerprint density at radius 1 is 1.03 bits per heavy atom. The fourth-order valence-corrected chi connectivity index (χ4v) is 4.79. The third-order valence-electron chi connectivity index (χ3n) is 6.89. The molecule has 1 aliphatic carbocycles. The fourth-order valence-electron chi connectivity index (χ4n) is 4.79. The molecule has 3 heterocycles. The number of nitrogens with one attached hydrogen (secondary N) is 1. The quantitative estimate of drug-likeness (QED) is 0.257. The van der Waals surface area contributed by atoms with Crippen molar-refractivity contribution in [1.29, 1.82) is 0 Å². The molecule has 29 heavy (non-hydrogen) atoms. The average Bonchev–Trinajstić information content (AvgIpc) is 3.36. The van der Waals surface area contributed by atoms with Gasteiger partial charge >= 0.3 is 0 Å². The van der Waals surface area contributed by atoms with Crippen molar-refractivity contribution in [3.63, 3.8) is 0 Å². The molecule has 164 valence electrons. The lowest BCUT2D eigenvalue weighted by Gasteiger charge is -2.38. The van der Waals surface area contributed by atoms with Gasteiger partial charge in [0.25, 0.3) is 0 Å². The second kappa shape index (κ2) is 10.9. The SMILES string of the molecule is CN=C(NCCN1CCN(C(=O)C2CCC2)CC1)N1CCC(N2CC=CC2)C1.I. The van der Waals surface area contributed by atoms with Gasteiger partial charge in [0.2, 0.25) is 5.91 Å². The fraction of sp³-hybridized carbons (Fsp3) is 0.810. The zero-order valence-electron chi connectivity index (χ0n) is 17.8. The molecule has 2 saturated heterocycles. The number of likely N-dealkylation sites (tertiary alicyclic amines) is 1. The number of hydrogen-bond donors (Lipinski definition) is 1. The third-order valence-corrected chi connectivity index (χ3v) is 6.89. The summed E-state index contributed by atoms with van der Waals surface area (Å²) in [7, 11) is 1.89. The number of amides is 1. The molecule has 0 bridgehead atoms. The first-order valence-corrected chi connectivity index (χ1v) is 11.1. The first-order valence-electron chi connectivity index (χ1n) is 11.1. The minimum Gasteiger partial charge on any atom is -0.355 e. The second-order valence-corrected chi connectivity index (χ2v) is 8.58. The van der Waals surface area contributed by atoms with Gasteiger partial charge in [-0.2, -0.15) is 0 Å². The number of aliphatic imine (C=N–C) groups is 1. The van der Waals surface area contributed by atoms with E-state index in [1.165, 1.54) is 12.8 Å². The van der Waals surface area contributed by atoms with Crippen molar-refractivity contribution in [3.8, 4) is 0 Å². The maximum Gasteiger partial charge on any atom is 0.225 e. The molecule has 8 heteroatoms. The Hall–Kier alpha value is -0.870. The maximum absolute atomic E-state index is 12.4. The van der Waals surface area contributed by atoms with E-state index in [4.69, 9.17) is 0 Å². The number of carbonyl (C=O) groups is 1. The molecule has 0 radical (unpaired) electrons. The minimum absolute atomic E-state index is 0.